The SMILES string of the molecule is CC(C)N(C[C@H]1CCCCO1)C(=O)c1cc(N(C)C)ccn1. The average molecular weight is 305 g/mol. The number of carbonyl (C=O) groups is 1. The van der Waals surface area contributed by atoms with E-state index in [2.05, 4.69) is 4.98 Å². The van der Waals surface area contributed by atoms with Gasteiger partial charge in [-0.2, -0.15) is 0 Å². The van der Waals surface area contributed by atoms with Crippen molar-refractivity contribution in [3.8, 4) is 0 Å². The van der Waals surface area contributed by atoms with E-state index in [1.165, 1.54) is 6.42 Å². The smallest absolute Gasteiger partial charge is 0.272 e. The van der Waals surface area contributed by atoms with Crippen molar-refractivity contribution >= 4 is 11.6 Å². The second-order valence-corrected chi connectivity index (χ2v) is 6.33. The Balaban J connectivity index is 2.13. The van der Waals surface area contributed by atoms with Gasteiger partial charge in [0.2, 0.25) is 0 Å². The number of amides is 1. The summed E-state index contributed by atoms with van der Waals surface area (Å²) in [4.78, 5) is 20.9. The van der Waals surface area contributed by atoms with Gasteiger partial charge >= 0.3 is 0 Å². The Morgan fingerprint density at radius 2 is 2.18 bits per heavy atom. The summed E-state index contributed by atoms with van der Waals surface area (Å²) >= 11 is 0. The van der Waals surface area contributed by atoms with Crippen molar-refractivity contribution in [2.45, 2.75) is 45.3 Å². The molecular formula is C17H27N3O2. The normalized spacial score (nSPS) is 18.3. The number of ether oxygens (including phenoxy) is 1. The highest BCUT2D eigenvalue weighted by molar-refractivity contribution is 5.93. The number of pyridine rings is 1. The number of nitrogens with zero attached hydrogens (tertiary/aromatic N) is 3. The van der Waals surface area contributed by atoms with Gasteiger partial charge in [-0.1, -0.05) is 0 Å². The molecule has 0 radical (unpaired) electrons. The number of rotatable bonds is 5. The Hall–Kier alpha value is -1.62. The van der Waals surface area contributed by atoms with Gasteiger partial charge in [-0.25, -0.2) is 0 Å². The molecule has 0 spiro atoms. The Kier molecular flexibility index (Phi) is 5.77. The molecule has 1 aromatic heterocycles. The van der Waals surface area contributed by atoms with Crippen LogP contribution in [0.25, 0.3) is 0 Å². The maximum absolute atomic E-state index is 12.8. The molecule has 22 heavy (non-hydrogen) atoms. The summed E-state index contributed by atoms with van der Waals surface area (Å²) in [6.07, 6.45) is 5.18. The second kappa shape index (κ2) is 7.58. The van der Waals surface area contributed by atoms with Crippen molar-refractivity contribution in [2.75, 3.05) is 32.1 Å². The van der Waals surface area contributed by atoms with Crippen LogP contribution in [0.4, 0.5) is 5.69 Å². The van der Waals surface area contributed by atoms with Crippen molar-refractivity contribution in [2.24, 2.45) is 0 Å². The van der Waals surface area contributed by atoms with Crippen molar-refractivity contribution in [1.29, 1.82) is 0 Å². The summed E-state index contributed by atoms with van der Waals surface area (Å²) < 4.78 is 5.78. The maximum atomic E-state index is 12.8. The minimum absolute atomic E-state index is 0.0205. The molecular weight excluding hydrogens is 278 g/mol. The monoisotopic (exact) mass is 305 g/mol. The summed E-state index contributed by atoms with van der Waals surface area (Å²) in [6.45, 7) is 5.52. The third kappa shape index (κ3) is 4.19. The first-order valence-electron chi connectivity index (χ1n) is 8.05. The Bertz CT molecular complexity index is 496. The highest BCUT2D eigenvalue weighted by Crippen LogP contribution is 2.18. The lowest BCUT2D eigenvalue weighted by molar-refractivity contribution is -0.00843. The molecule has 0 aliphatic carbocycles. The number of hydrogen-bond donors (Lipinski definition) is 0. The lowest BCUT2D eigenvalue weighted by Crippen LogP contribution is -2.44. The Morgan fingerprint density at radius 1 is 1.41 bits per heavy atom. The van der Waals surface area contributed by atoms with E-state index in [1.54, 1.807) is 6.20 Å². The molecule has 1 amide bonds. The lowest BCUT2D eigenvalue weighted by Gasteiger charge is -2.32. The van der Waals surface area contributed by atoms with Gasteiger partial charge in [0.05, 0.1) is 6.10 Å². The van der Waals surface area contributed by atoms with Crippen LogP contribution >= 0.6 is 0 Å². The molecule has 0 bridgehead atoms. The van der Waals surface area contributed by atoms with Gasteiger partial charge in [0, 0.05) is 45.2 Å². The third-order valence-corrected chi connectivity index (χ3v) is 4.04. The number of anilines is 1. The van der Waals surface area contributed by atoms with Crippen LogP contribution in [0.2, 0.25) is 0 Å². The highest BCUT2D eigenvalue weighted by atomic mass is 16.5. The number of hydrogen-bond acceptors (Lipinski definition) is 4. The largest absolute Gasteiger partial charge is 0.378 e. The van der Waals surface area contributed by atoms with Gasteiger partial charge in [-0.05, 0) is 45.2 Å². The fourth-order valence-electron chi connectivity index (χ4n) is 2.66. The average Bonchev–Trinajstić information content (AvgIpc) is 2.53. The van der Waals surface area contributed by atoms with Crippen LogP contribution in [-0.2, 0) is 4.74 Å². The molecule has 5 nitrogen and oxygen atoms in total. The third-order valence-electron chi connectivity index (χ3n) is 4.04. The van der Waals surface area contributed by atoms with Crippen molar-refractivity contribution in [1.82, 2.24) is 9.88 Å². The van der Waals surface area contributed by atoms with Gasteiger partial charge < -0.3 is 14.5 Å². The molecule has 0 N–H and O–H groups in total. The molecule has 0 aromatic carbocycles. The fraction of sp³-hybridized carbons (Fsp3) is 0.647. The first-order chi connectivity index (χ1) is 10.5. The summed E-state index contributed by atoms with van der Waals surface area (Å²) in [6, 6.07) is 3.88. The first-order valence-corrected chi connectivity index (χ1v) is 8.05. The zero-order valence-corrected chi connectivity index (χ0v) is 14.1. The van der Waals surface area contributed by atoms with Gasteiger partial charge in [0.15, 0.2) is 0 Å². The summed E-state index contributed by atoms with van der Waals surface area (Å²) in [7, 11) is 3.92. The predicted octanol–water partition coefficient (Wildman–Crippen LogP) is 2.57. The molecule has 0 saturated carbocycles. The zero-order chi connectivity index (χ0) is 16.1. The standard InChI is InChI=1S/C17H27N3O2/c1-13(2)20(12-15-7-5-6-10-22-15)17(21)16-11-14(19(3)4)8-9-18-16/h8-9,11,13,15H,5-7,10,12H2,1-4H3/t15-/m1/s1. The molecule has 2 heterocycles. The van der Waals surface area contributed by atoms with E-state index in [1.807, 2.05) is 49.9 Å². The molecule has 1 atom stereocenters. The van der Waals surface area contributed by atoms with Crippen LogP contribution in [0.15, 0.2) is 18.3 Å². The predicted molar refractivity (Wildman–Crippen MR) is 88.3 cm³/mol. The zero-order valence-electron chi connectivity index (χ0n) is 14.1. The second-order valence-electron chi connectivity index (χ2n) is 6.33. The van der Waals surface area contributed by atoms with E-state index >= 15 is 0 Å². The lowest BCUT2D eigenvalue weighted by atomic mass is 10.1. The molecule has 1 aliphatic heterocycles. The van der Waals surface area contributed by atoms with Crippen LogP contribution in [0.1, 0.15) is 43.6 Å². The minimum atomic E-state index is -0.0205. The van der Waals surface area contributed by atoms with Crippen LogP contribution in [0, 0.1) is 0 Å². The number of aromatic nitrogens is 1. The van der Waals surface area contributed by atoms with E-state index in [0.29, 0.717) is 12.2 Å². The van der Waals surface area contributed by atoms with E-state index in [-0.39, 0.29) is 18.1 Å². The number of carbonyl (C=O) groups excluding carboxylic acids is 1. The molecule has 1 fully saturated rings. The van der Waals surface area contributed by atoms with Crippen molar-refractivity contribution in [3.63, 3.8) is 0 Å². The summed E-state index contributed by atoms with van der Waals surface area (Å²) in [5.74, 6) is -0.0205. The molecule has 1 saturated heterocycles. The molecule has 1 aliphatic rings. The molecule has 5 heteroatoms. The summed E-state index contributed by atoms with van der Waals surface area (Å²) in [5.41, 5.74) is 1.48. The van der Waals surface area contributed by atoms with E-state index in [0.717, 1.165) is 25.1 Å². The quantitative estimate of drug-likeness (QED) is 0.839. The van der Waals surface area contributed by atoms with Gasteiger partial charge in [0.25, 0.3) is 5.91 Å². The molecule has 1 aromatic rings. The topological polar surface area (TPSA) is 45.7 Å². The van der Waals surface area contributed by atoms with Gasteiger partial charge in [-0.3, -0.25) is 9.78 Å². The van der Waals surface area contributed by atoms with Gasteiger partial charge in [0.1, 0.15) is 5.69 Å². The Morgan fingerprint density at radius 3 is 2.77 bits per heavy atom. The van der Waals surface area contributed by atoms with Gasteiger partial charge in [-0.15, -0.1) is 0 Å². The molecule has 0 unspecified atom stereocenters. The van der Waals surface area contributed by atoms with Crippen LogP contribution in [0.3, 0.4) is 0 Å². The fourth-order valence-corrected chi connectivity index (χ4v) is 2.66. The minimum Gasteiger partial charge on any atom is -0.378 e. The highest BCUT2D eigenvalue weighted by Gasteiger charge is 2.25. The Labute approximate surface area is 133 Å². The van der Waals surface area contributed by atoms with Crippen LogP contribution < -0.4 is 4.90 Å². The maximum Gasteiger partial charge on any atom is 0.272 e. The summed E-state index contributed by atoms with van der Waals surface area (Å²) in [5, 5.41) is 0. The molecule has 122 valence electrons. The molecule has 2 rings (SSSR count). The van der Waals surface area contributed by atoms with Crippen molar-refractivity contribution < 1.29 is 9.53 Å². The van der Waals surface area contributed by atoms with E-state index in [9.17, 15) is 4.79 Å². The first kappa shape index (κ1) is 16.7. The van der Waals surface area contributed by atoms with Crippen molar-refractivity contribution in [3.05, 3.63) is 24.0 Å². The van der Waals surface area contributed by atoms with E-state index in [4.69, 9.17) is 4.74 Å². The van der Waals surface area contributed by atoms with Crippen LogP contribution in [-0.4, -0.2) is 55.2 Å². The van der Waals surface area contributed by atoms with E-state index < -0.39 is 0 Å². The van der Waals surface area contributed by atoms with Crippen LogP contribution in [0.5, 0.6) is 0 Å².